The molecule has 2 aromatic rings. The maximum Gasteiger partial charge on any atom is 0.408 e. The van der Waals surface area contributed by atoms with Crippen LogP contribution in [0.3, 0.4) is 0 Å². The first-order valence-electron chi connectivity index (χ1n) is 9.72. The first-order chi connectivity index (χ1) is 13.7. The number of ketones is 1. The van der Waals surface area contributed by atoms with Gasteiger partial charge in [-0.05, 0) is 63.4 Å². The van der Waals surface area contributed by atoms with Crippen LogP contribution < -0.4 is 10.6 Å². The molecule has 0 aromatic heterocycles. The standard InChI is InChI=1S/C23H26N2O4/c1-23(2,3)29-22(28)25-19(15-7-5-4-6-8-15)21(27)24-18-13-11-17(12-14-18)20(26)16-9-10-16/h4-8,11-14,16,19H,9-10H2,1-3H3,(H,24,27)(H,25,28). The van der Waals surface area contributed by atoms with Crippen molar-refractivity contribution in [2.75, 3.05) is 5.32 Å². The fourth-order valence-corrected chi connectivity index (χ4v) is 2.88. The van der Waals surface area contributed by atoms with E-state index in [1.165, 1.54) is 0 Å². The van der Waals surface area contributed by atoms with E-state index in [9.17, 15) is 14.4 Å². The molecule has 2 amide bonds. The molecule has 0 saturated heterocycles. The third kappa shape index (κ3) is 5.91. The van der Waals surface area contributed by atoms with Crippen LogP contribution >= 0.6 is 0 Å². The van der Waals surface area contributed by atoms with Crippen LogP contribution in [0.4, 0.5) is 10.5 Å². The van der Waals surface area contributed by atoms with Crippen LogP contribution in [-0.2, 0) is 9.53 Å². The molecule has 1 atom stereocenters. The number of alkyl carbamates (subject to hydrolysis) is 1. The summed E-state index contributed by atoms with van der Waals surface area (Å²) in [7, 11) is 0. The molecule has 0 radical (unpaired) electrons. The zero-order valence-electron chi connectivity index (χ0n) is 16.9. The molecule has 0 spiro atoms. The molecule has 1 saturated carbocycles. The molecule has 1 aliphatic carbocycles. The monoisotopic (exact) mass is 394 g/mol. The van der Waals surface area contributed by atoms with Gasteiger partial charge in [0, 0.05) is 17.2 Å². The van der Waals surface area contributed by atoms with Gasteiger partial charge >= 0.3 is 6.09 Å². The highest BCUT2D eigenvalue weighted by Gasteiger charge is 2.30. The molecule has 1 unspecified atom stereocenters. The maximum absolute atomic E-state index is 12.9. The van der Waals surface area contributed by atoms with Gasteiger partial charge in [0.05, 0.1) is 0 Å². The van der Waals surface area contributed by atoms with E-state index in [1.54, 1.807) is 69.3 Å². The fraction of sp³-hybridized carbons (Fsp3) is 0.348. The highest BCUT2D eigenvalue weighted by atomic mass is 16.6. The number of ether oxygens (including phenoxy) is 1. The van der Waals surface area contributed by atoms with Gasteiger partial charge in [0.2, 0.25) is 0 Å². The molecule has 1 fully saturated rings. The van der Waals surface area contributed by atoms with E-state index in [0.717, 1.165) is 12.8 Å². The van der Waals surface area contributed by atoms with Gasteiger partial charge in [0.25, 0.3) is 5.91 Å². The zero-order chi connectivity index (χ0) is 21.0. The second-order valence-electron chi connectivity index (χ2n) is 8.20. The number of rotatable bonds is 6. The van der Waals surface area contributed by atoms with E-state index in [0.29, 0.717) is 16.8 Å². The largest absolute Gasteiger partial charge is 0.444 e. The molecule has 2 N–H and O–H groups in total. The smallest absolute Gasteiger partial charge is 0.408 e. The van der Waals surface area contributed by atoms with Crippen LogP contribution in [0.15, 0.2) is 54.6 Å². The number of benzene rings is 2. The maximum atomic E-state index is 12.9. The lowest BCUT2D eigenvalue weighted by molar-refractivity contribution is -0.118. The summed E-state index contributed by atoms with van der Waals surface area (Å²) in [5.74, 6) is -0.101. The molecule has 1 aliphatic rings. The number of nitrogens with one attached hydrogen (secondary N) is 2. The first kappa shape index (κ1) is 20.6. The van der Waals surface area contributed by atoms with Gasteiger partial charge in [-0.2, -0.15) is 0 Å². The molecular formula is C23H26N2O4. The Hall–Kier alpha value is -3.15. The van der Waals surface area contributed by atoms with Crippen molar-refractivity contribution >= 4 is 23.5 Å². The van der Waals surface area contributed by atoms with Crippen LogP contribution in [-0.4, -0.2) is 23.4 Å². The second-order valence-corrected chi connectivity index (χ2v) is 8.20. The van der Waals surface area contributed by atoms with E-state index in [4.69, 9.17) is 4.74 Å². The van der Waals surface area contributed by atoms with Crippen molar-refractivity contribution in [3.05, 3.63) is 65.7 Å². The molecule has 6 heteroatoms. The Morgan fingerprint density at radius 1 is 0.966 bits per heavy atom. The molecule has 29 heavy (non-hydrogen) atoms. The summed E-state index contributed by atoms with van der Waals surface area (Å²) in [6.45, 7) is 5.28. The SMILES string of the molecule is CC(C)(C)OC(=O)NC(C(=O)Nc1ccc(C(=O)C2CC2)cc1)c1ccccc1. The summed E-state index contributed by atoms with van der Waals surface area (Å²) >= 11 is 0. The summed E-state index contributed by atoms with van der Waals surface area (Å²) in [6.07, 6.45) is 1.23. The van der Waals surface area contributed by atoms with Gasteiger partial charge in [-0.1, -0.05) is 30.3 Å². The van der Waals surface area contributed by atoms with Crippen LogP contribution in [0.25, 0.3) is 0 Å². The van der Waals surface area contributed by atoms with Gasteiger partial charge in [-0.3, -0.25) is 9.59 Å². The Bertz CT molecular complexity index is 881. The average molecular weight is 394 g/mol. The van der Waals surface area contributed by atoms with Crippen LogP contribution in [0.1, 0.15) is 55.6 Å². The van der Waals surface area contributed by atoms with Crippen molar-refractivity contribution in [1.82, 2.24) is 5.32 Å². The minimum absolute atomic E-state index is 0.149. The molecule has 3 rings (SSSR count). The number of anilines is 1. The summed E-state index contributed by atoms with van der Waals surface area (Å²) < 4.78 is 5.29. The van der Waals surface area contributed by atoms with Crippen LogP contribution in [0.5, 0.6) is 0 Å². The minimum atomic E-state index is -0.918. The number of hydrogen-bond donors (Lipinski definition) is 2. The van der Waals surface area contributed by atoms with E-state index in [1.807, 2.05) is 6.07 Å². The third-order valence-electron chi connectivity index (χ3n) is 4.44. The predicted molar refractivity (Wildman–Crippen MR) is 111 cm³/mol. The molecule has 0 bridgehead atoms. The van der Waals surface area contributed by atoms with Crippen molar-refractivity contribution in [3.8, 4) is 0 Å². The lowest BCUT2D eigenvalue weighted by Gasteiger charge is -2.23. The first-order valence-corrected chi connectivity index (χ1v) is 9.72. The number of carbonyl (C=O) groups is 3. The summed E-state index contributed by atoms with van der Waals surface area (Å²) in [6, 6.07) is 14.9. The summed E-state index contributed by atoms with van der Waals surface area (Å²) in [4.78, 5) is 37.3. The molecule has 6 nitrogen and oxygen atoms in total. The fourth-order valence-electron chi connectivity index (χ4n) is 2.88. The van der Waals surface area contributed by atoms with Gasteiger partial charge < -0.3 is 15.4 Å². The normalized spacial score (nSPS) is 14.6. The van der Waals surface area contributed by atoms with Crippen LogP contribution in [0, 0.1) is 5.92 Å². The Balaban J connectivity index is 1.72. The van der Waals surface area contributed by atoms with E-state index in [-0.39, 0.29) is 11.7 Å². The molecular weight excluding hydrogens is 368 g/mol. The number of Topliss-reactive ketones (excluding diaryl/α,β-unsaturated/α-hetero) is 1. The lowest BCUT2D eigenvalue weighted by Crippen LogP contribution is -2.40. The highest BCUT2D eigenvalue weighted by Crippen LogP contribution is 2.32. The third-order valence-corrected chi connectivity index (χ3v) is 4.44. The number of carbonyl (C=O) groups excluding carboxylic acids is 3. The Morgan fingerprint density at radius 2 is 1.59 bits per heavy atom. The van der Waals surface area contributed by atoms with E-state index in [2.05, 4.69) is 10.6 Å². The zero-order valence-corrected chi connectivity index (χ0v) is 16.9. The van der Waals surface area contributed by atoms with Gasteiger partial charge in [0.1, 0.15) is 11.6 Å². The van der Waals surface area contributed by atoms with Crippen molar-refractivity contribution in [2.45, 2.75) is 45.3 Å². The van der Waals surface area contributed by atoms with E-state index >= 15 is 0 Å². The Labute approximate surface area is 170 Å². The summed E-state index contributed by atoms with van der Waals surface area (Å²) in [5, 5.41) is 5.43. The van der Waals surface area contributed by atoms with Gasteiger partial charge in [-0.25, -0.2) is 4.79 Å². The molecule has 152 valence electrons. The number of hydrogen-bond acceptors (Lipinski definition) is 4. The van der Waals surface area contributed by atoms with E-state index < -0.39 is 23.6 Å². The molecule has 2 aromatic carbocycles. The van der Waals surface area contributed by atoms with Gasteiger partial charge in [0.15, 0.2) is 5.78 Å². The minimum Gasteiger partial charge on any atom is -0.444 e. The topological polar surface area (TPSA) is 84.5 Å². The van der Waals surface area contributed by atoms with Crippen molar-refractivity contribution < 1.29 is 19.1 Å². The average Bonchev–Trinajstić information content (AvgIpc) is 3.50. The van der Waals surface area contributed by atoms with Crippen molar-refractivity contribution in [1.29, 1.82) is 0 Å². The van der Waals surface area contributed by atoms with Crippen LogP contribution in [0.2, 0.25) is 0 Å². The predicted octanol–water partition coefficient (Wildman–Crippen LogP) is 4.48. The Kier molecular flexibility index (Phi) is 6.01. The Morgan fingerprint density at radius 3 is 2.14 bits per heavy atom. The second kappa shape index (κ2) is 8.47. The van der Waals surface area contributed by atoms with Crippen molar-refractivity contribution in [3.63, 3.8) is 0 Å². The highest BCUT2D eigenvalue weighted by molar-refractivity contribution is 6.00. The lowest BCUT2D eigenvalue weighted by atomic mass is 10.1. The molecule has 0 heterocycles. The van der Waals surface area contributed by atoms with Crippen molar-refractivity contribution in [2.24, 2.45) is 5.92 Å². The van der Waals surface area contributed by atoms with Gasteiger partial charge in [-0.15, -0.1) is 0 Å². The number of amides is 2. The summed E-state index contributed by atoms with van der Waals surface area (Å²) in [5.41, 5.74) is 1.16. The quantitative estimate of drug-likeness (QED) is 0.707. The molecule has 0 aliphatic heterocycles.